The van der Waals surface area contributed by atoms with E-state index in [2.05, 4.69) is 15.1 Å². The number of anilines is 1. The van der Waals surface area contributed by atoms with Crippen LogP contribution in [0.2, 0.25) is 0 Å². The summed E-state index contributed by atoms with van der Waals surface area (Å²) in [5.74, 6) is 0.614. The first-order chi connectivity index (χ1) is 13.5. The van der Waals surface area contributed by atoms with Gasteiger partial charge in [0.1, 0.15) is 16.1 Å². The monoisotopic (exact) mass is 494 g/mol. The molecular weight excluding hydrogens is 475 g/mol. The topological polar surface area (TPSA) is 119 Å². The standard InChI is InChI=1S/C18H19IN6O3/c19-14-13-16(26)22-17(20)23-25(13)15(21-14)12-7-4-8-24(9-12)18(27)28-10-11-5-2-1-3-6-11/h1-3,5-6,12H,4,7-10H2,(H3,20,22,23,26)/t12-/m1/s1. The van der Waals surface area contributed by atoms with Crippen molar-refractivity contribution < 1.29 is 9.53 Å². The van der Waals surface area contributed by atoms with Crippen LogP contribution < -0.4 is 11.3 Å². The fourth-order valence-corrected chi connectivity index (χ4v) is 4.15. The van der Waals surface area contributed by atoms with Crippen LogP contribution in [0.3, 0.4) is 0 Å². The van der Waals surface area contributed by atoms with E-state index < -0.39 is 0 Å². The van der Waals surface area contributed by atoms with Crippen LogP contribution in [0.5, 0.6) is 0 Å². The number of fused-ring (bicyclic) bond motifs is 1. The lowest BCUT2D eigenvalue weighted by Gasteiger charge is -2.31. The molecule has 3 N–H and O–H groups in total. The molecule has 146 valence electrons. The van der Waals surface area contributed by atoms with Gasteiger partial charge in [-0.3, -0.25) is 9.78 Å². The highest BCUT2D eigenvalue weighted by atomic mass is 127. The van der Waals surface area contributed by atoms with Gasteiger partial charge in [-0.15, -0.1) is 5.10 Å². The van der Waals surface area contributed by atoms with Gasteiger partial charge in [0.25, 0.3) is 5.56 Å². The Labute approximate surface area is 174 Å². The third-order valence-corrected chi connectivity index (χ3v) is 5.50. The van der Waals surface area contributed by atoms with Gasteiger partial charge in [0.2, 0.25) is 5.95 Å². The van der Waals surface area contributed by atoms with E-state index in [1.54, 1.807) is 4.90 Å². The summed E-state index contributed by atoms with van der Waals surface area (Å²) in [5, 5.41) is 4.22. The number of carbonyl (C=O) groups excluding carboxylic acids is 1. The summed E-state index contributed by atoms with van der Waals surface area (Å²) in [4.78, 5) is 33.4. The number of benzene rings is 1. The molecule has 4 rings (SSSR count). The molecule has 0 bridgehead atoms. The molecule has 0 saturated carbocycles. The van der Waals surface area contributed by atoms with Crippen molar-refractivity contribution in [1.82, 2.24) is 24.5 Å². The highest BCUT2D eigenvalue weighted by molar-refractivity contribution is 14.1. The number of hydrogen-bond acceptors (Lipinski definition) is 6. The zero-order chi connectivity index (χ0) is 19.7. The van der Waals surface area contributed by atoms with E-state index in [0.717, 1.165) is 18.4 Å². The third kappa shape index (κ3) is 3.68. The summed E-state index contributed by atoms with van der Waals surface area (Å²) in [6, 6.07) is 9.57. The van der Waals surface area contributed by atoms with Gasteiger partial charge in [0.15, 0.2) is 5.52 Å². The second-order valence-electron chi connectivity index (χ2n) is 6.69. The van der Waals surface area contributed by atoms with Gasteiger partial charge in [-0.1, -0.05) is 30.3 Å². The van der Waals surface area contributed by atoms with E-state index in [-0.39, 0.29) is 30.1 Å². The van der Waals surface area contributed by atoms with Gasteiger partial charge < -0.3 is 15.4 Å². The summed E-state index contributed by atoms with van der Waals surface area (Å²) in [7, 11) is 0. The summed E-state index contributed by atoms with van der Waals surface area (Å²) < 4.78 is 7.51. The quantitative estimate of drug-likeness (QED) is 0.539. The zero-order valence-electron chi connectivity index (χ0n) is 15.0. The predicted octanol–water partition coefficient (Wildman–Crippen LogP) is 2.12. The molecule has 2 aromatic heterocycles. The Balaban J connectivity index is 1.52. The number of carbonyl (C=O) groups is 1. The molecule has 1 aromatic carbocycles. The minimum atomic E-state index is -0.352. The van der Waals surface area contributed by atoms with Crippen molar-refractivity contribution in [3.8, 4) is 0 Å². The number of halogens is 1. The minimum absolute atomic E-state index is 0.0301. The molecule has 1 aliphatic rings. The maximum atomic E-state index is 12.5. The lowest BCUT2D eigenvalue weighted by Crippen LogP contribution is -2.40. The Hall–Kier alpha value is -2.63. The van der Waals surface area contributed by atoms with Crippen LogP contribution in [0.15, 0.2) is 35.1 Å². The number of nitrogens with zero attached hydrogens (tertiary/aromatic N) is 4. The number of imidazole rings is 1. The fraction of sp³-hybridized carbons (Fsp3) is 0.333. The van der Waals surface area contributed by atoms with Crippen molar-refractivity contribution in [2.45, 2.75) is 25.4 Å². The molecule has 1 aliphatic heterocycles. The molecule has 3 aromatic rings. The number of amides is 1. The molecule has 0 unspecified atom stereocenters. The van der Waals surface area contributed by atoms with E-state index >= 15 is 0 Å². The smallest absolute Gasteiger partial charge is 0.410 e. The molecule has 10 heteroatoms. The van der Waals surface area contributed by atoms with Gasteiger partial charge in [-0.25, -0.2) is 14.3 Å². The van der Waals surface area contributed by atoms with Gasteiger partial charge in [0.05, 0.1) is 0 Å². The molecule has 28 heavy (non-hydrogen) atoms. The normalized spacial score (nSPS) is 17.0. The number of piperidine rings is 1. The largest absolute Gasteiger partial charge is 0.445 e. The maximum Gasteiger partial charge on any atom is 0.410 e. The SMILES string of the molecule is Nc1nn2c([C@@H]3CCCN(C(=O)OCc4ccccc4)C3)nc(I)c2c(=O)[nH]1. The lowest BCUT2D eigenvalue weighted by atomic mass is 9.98. The van der Waals surface area contributed by atoms with Gasteiger partial charge in [-0.05, 0) is 41.0 Å². The van der Waals surface area contributed by atoms with Crippen molar-refractivity contribution in [1.29, 1.82) is 0 Å². The van der Waals surface area contributed by atoms with Crippen LogP contribution in [0, 0.1) is 3.70 Å². The number of ether oxygens (including phenoxy) is 1. The maximum absolute atomic E-state index is 12.5. The van der Waals surface area contributed by atoms with Gasteiger partial charge in [-0.2, -0.15) is 0 Å². The first kappa shape index (κ1) is 18.7. The molecule has 1 fully saturated rings. The number of H-pyrrole nitrogens is 1. The first-order valence-corrected chi connectivity index (χ1v) is 10.0. The Bertz CT molecular complexity index is 1060. The number of nitrogens with one attached hydrogen (secondary N) is 1. The molecule has 3 heterocycles. The number of rotatable bonds is 3. The van der Waals surface area contributed by atoms with Crippen LogP contribution >= 0.6 is 22.6 Å². The average molecular weight is 494 g/mol. The molecule has 0 spiro atoms. The highest BCUT2D eigenvalue weighted by Gasteiger charge is 2.30. The Morgan fingerprint density at radius 2 is 2.14 bits per heavy atom. The minimum Gasteiger partial charge on any atom is -0.445 e. The zero-order valence-corrected chi connectivity index (χ0v) is 17.1. The molecule has 1 amide bonds. The second kappa shape index (κ2) is 7.78. The molecule has 0 radical (unpaired) electrons. The van der Waals surface area contributed by atoms with E-state index in [0.29, 0.717) is 28.1 Å². The summed E-state index contributed by atoms with van der Waals surface area (Å²) in [5.41, 5.74) is 6.68. The predicted molar refractivity (Wildman–Crippen MR) is 111 cm³/mol. The Morgan fingerprint density at radius 1 is 1.36 bits per heavy atom. The van der Waals surface area contributed by atoms with Crippen LogP contribution in [0.4, 0.5) is 10.7 Å². The van der Waals surface area contributed by atoms with E-state index in [1.165, 1.54) is 4.52 Å². The van der Waals surface area contributed by atoms with Crippen LogP contribution in [0.1, 0.15) is 30.1 Å². The Kier molecular flexibility index (Phi) is 5.20. The molecule has 1 atom stereocenters. The number of aromatic amines is 1. The third-order valence-electron chi connectivity index (χ3n) is 4.75. The van der Waals surface area contributed by atoms with Gasteiger partial charge >= 0.3 is 6.09 Å². The van der Waals surface area contributed by atoms with Gasteiger partial charge in [0, 0.05) is 19.0 Å². The number of likely N-dealkylation sites (tertiary alicyclic amines) is 1. The lowest BCUT2D eigenvalue weighted by molar-refractivity contribution is 0.0852. The summed E-state index contributed by atoms with van der Waals surface area (Å²) in [6.07, 6.45) is 1.30. The van der Waals surface area contributed by atoms with E-state index in [1.807, 2.05) is 52.9 Å². The van der Waals surface area contributed by atoms with Crippen molar-refractivity contribution in [3.63, 3.8) is 0 Å². The van der Waals surface area contributed by atoms with Crippen molar-refractivity contribution in [2.24, 2.45) is 0 Å². The van der Waals surface area contributed by atoms with Crippen LogP contribution in [0.25, 0.3) is 5.52 Å². The fourth-order valence-electron chi connectivity index (χ4n) is 3.43. The summed E-state index contributed by atoms with van der Waals surface area (Å²) in [6.45, 7) is 1.32. The van der Waals surface area contributed by atoms with Crippen molar-refractivity contribution in [3.05, 3.63) is 55.8 Å². The molecular formula is C18H19IN6O3. The second-order valence-corrected chi connectivity index (χ2v) is 7.71. The van der Waals surface area contributed by atoms with Crippen molar-refractivity contribution >= 4 is 40.1 Å². The first-order valence-electron chi connectivity index (χ1n) is 8.92. The molecule has 1 saturated heterocycles. The summed E-state index contributed by atoms with van der Waals surface area (Å²) >= 11 is 2.01. The molecule has 0 aliphatic carbocycles. The number of aromatic nitrogens is 4. The van der Waals surface area contributed by atoms with Crippen molar-refractivity contribution in [2.75, 3.05) is 18.8 Å². The Morgan fingerprint density at radius 3 is 2.93 bits per heavy atom. The van der Waals surface area contributed by atoms with E-state index in [4.69, 9.17) is 10.5 Å². The van der Waals surface area contributed by atoms with E-state index in [9.17, 15) is 9.59 Å². The van der Waals surface area contributed by atoms with Crippen LogP contribution in [-0.4, -0.2) is 43.7 Å². The van der Waals surface area contributed by atoms with Crippen LogP contribution in [-0.2, 0) is 11.3 Å². The number of nitrogens with two attached hydrogens (primary N) is 1. The molecule has 9 nitrogen and oxygen atoms in total. The number of nitrogen functional groups attached to an aromatic ring is 1. The number of hydrogen-bond donors (Lipinski definition) is 2. The highest BCUT2D eigenvalue weighted by Crippen LogP contribution is 2.28. The average Bonchev–Trinajstić information content (AvgIpc) is 3.03.